The van der Waals surface area contributed by atoms with Gasteiger partial charge in [0.25, 0.3) is 0 Å². The van der Waals surface area contributed by atoms with Gasteiger partial charge in [-0.1, -0.05) is 6.07 Å². The number of hydrogen-bond acceptors (Lipinski definition) is 3. The minimum atomic E-state index is 0.434. The lowest BCUT2D eigenvalue weighted by Gasteiger charge is -2.35. The fourth-order valence-corrected chi connectivity index (χ4v) is 1.89. The van der Waals surface area contributed by atoms with Gasteiger partial charge < -0.3 is 15.8 Å². The Hall–Kier alpha value is -1.22. The van der Waals surface area contributed by atoms with Gasteiger partial charge in [0.1, 0.15) is 0 Å². The van der Waals surface area contributed by atoms with Gasteiger partial charge in [-0.2, -0.15) is 0 Å². The number of nitrogens with one attached hydrogen (secondary N) is 1. The van der Waals surface area contributed by atoms with E-state index in [0.29, 0.717) is 12.1 Å². The van der Waals surface area contributed by atoms with E-state index < -0.39 is 0 Å². The quantitative estimate of drug-likeness (QED) is 0.745. The first-order valence-corrected chi connectivity index (χ1v) is 5.34. The van der Waals surface area contributed by atoms with Crippen LogP contribution < -0.4 is 11.1 Å². The third-order valence-electron chi connectivity index (χ3n) is 3.05. The molecule has 1 aromatic rings. The zero-order valence-electron chi connectivity index (χ0n) is 9.29. The Morgan fingerprint density at radius 3 is 2.80 bits per heavy atom. The van der Waals surface area contributed by atoms with Gasteiger partial charge in [0.15, 0.2) is 0 Å². The Morgan fingerprint density at radius 2 is 2.13 bits per heavy atom. The van der Waals surface area contributed by atoms with Crippen LogP contribution in [0.15, 0.2) is 18.2 Å². The minimum Gasteiger partial charge on any atom is -0.399 e. The highest BCUT2D eigenvalue weighted by atomic mass is 16.5. The van der Waals surface area contributed by atoms with Gasteiger partial charge in [-0.05, 0) is 37.5 Å². The molecular formula is C12H18N2O. The molecule has 0 atom stereocenters. The topological polar surface area (TPSA) is 47.3 Å². The van der Waals surface area contributed by atoms with Crippen molar-refractivity contribution in [3.8, 4) is 0 Å². The first kappa shape index (κ1) is 10.3. The standard InChI is InChI=1S/C12H18N2O/c1-8-3-4-9(13)5-12(8)14-10-6-11(7-10)15-2/h3-5,10-11,14H,6-7,13H2,1-2H3. The lowest BCUT2D eigenvalue weighted by Crippen LogP contribution is -2.40. The van der Waals surface area contributed by atoms with E-state index in [-0.39, 0.29) is 0 Å². The van der Waals surface area contributed by atoms with Crippen molar-refractivity contribution in [2.24, 2.45) is 0 Å². The molecule has 3 nitrogen and oxygen atoms in total. The first-order valence-electron chi connectivity index (χ1n) is 5.34. The van der Waals surface area contributed by atoms with Crippen LogP contribution in [0.1, 0.15) is 18.4 Å². The van der Waals surface area contributed by atoms with Crippen molar-refractivity contribution >= 4 is 11.4 Å². The first-order chi connectivity index (χ1) is 7.19. The third-order valence-corrected chi connectivity index (χ3v) is 3.05. The van der Waals surface area contributed by atoms with Crippen molar-refractivity contribution in [3.63, 3.8) is 0 Å². The molecule has 0 aliphatic heterocycles. The number of hydrogen-bond donors (Lipinski definition) is 2. The molecule has 2 rings (SSSR count). The fraction of sp³-hybridized carbons (Fsp3) is 0.500. The monoisotopic (exact) mass is 206 g/mol. The number of anilines is 2. The zero-order chi connectivity index (χ0) is 10.8. The van der Waals surface area contributed by atoms with Crippen LogP contribution in [-0.4, -0.2) is 19.3 Å². The maximum atomic E-state index is 5.75. The van der Waals surface area contributed by atoms with E-state index in [1.807, 2.05) is 18.2 Å². The van der Waals surface area contributed by atoms with Gasteiger partial charge >= 0.3 is 0 Å². The predicted octanol–water partition coefficient (Wildman–Crippen LogP) is 2.17. The summed E-state index contributed by atoms with van der Waals surface area (Å²) in [6.45, 7) is 2.09. The number of nitrogen functional groups attached to an aromatic ring is 1. The van der Waals surface area contributed by atoms with E-state index in [0.717, 1.165) is 24.2 Å². The van der Waals surface area contributed by atoms with Crippen LogP contribution >= 0.6 is 0 Å². The van der Waals surface area contributed by atoms with Crippen LogP contribution in [0.4, 0.5) is 11.4 Å². The van der Waals surface area contributed by atoms with E-state index in [9.17, 15) is 0 Å². The smallest absolute Gasteiger partial charge is 0.0610 e. The highest BCUT2D eigenvalue weighted by Gasteiger charge is 2.28. The Kier molecular flexibility index (Phi) is 2.82. The third kappa shape index (κ3) is 2.23. The zero-order valence-corrected chi connectivity index (χ0v) is 9.29. The molecule has 0 spiro atoms. The molecule has 15 heavy (non-hydrogen) atoms. The number of methoxy groups -OCH3 is 1. The van der Waals surface area contributed by atoms with E-state index in [1.165, 1.54) is 5.56 Å². The van der Waals surface area contributed by atoms with E-state index in [4.69, 9.17) is 10.5 Å². The van der Waals surface area contributed by atoms with Gasteiger partial charge in [0, 0.05) is 24.5 Å². The summed E-state index contributed by atoms with van der Waals surface area (Å²) in [5, 5.41) is 3.49. The molecular weight excluding hydrogens is 188 g/mol. The summed E-state index contributed by atoms with van der Waals surface area (Å²) in [5.41, 5.74) is 8.95. The molecule has 0 heterocycles. The number of rotatable bonds is 3. The van der Waals surface area contributed by atoms with Crippen molar-refractivity contribution in [2.75, 3.05) is 18.2 Å². The Bertz CT molecular complexity index is 345. The molecule has 1 saturated carbocycles. The van der Waals surface area contributed by atoms with Gasteiger partial charge in [0.05, 0.1) is 6.10 Å². The summed E-state index contributed by atoms with van der Waals surface area (Å²) in [4.78, 5) is 0. The molecule has 3 heteroatoms. The Balaban J connectivity index is 1.97. The van der Waals surface area contributed by atoms with Gasteiger partial charge in [-0.25, -0.2) is 0 Å². The average molecular weight is 206 g/mol. The number of ether oxygens (including phenoxy) is 1. The fourth-order valence-electron chi connectivity index (χ4n) is 1.89. The van der Waals surface area contributed by atoms with Crippen molar-refractivity contribution in [1.29, 1.82) is 0 Å². The second-order valence-corrected chi connectivity index (χ2v) is 4.24. The van der Waals surface area contributed by atoms with Crippen LogP contribution in [-0.2, 0) is 4.74 Å². The van der Waals surface area contributed by atoms with Crippen LogP contribution in [0.5, 0.6) is 0 Å². The van der Waals surface area contributed by atoms with Crippen LogP contribution in [0, 0.1) is 6.92 Å². The summed E-state index contributed by atoms with van der Waals surface area (Å²) in [5.74, 6) is 0. The Morgan fingerprint density at radius 1 is 1.40 bits per heavy atom. The highest BCUT2D eigenvalue weighted by molar-refractivity contribution is 5.59. The number of nitrogens with two attached hydrogens (primary N) is 1. The summed E-state index contributed by atoms with van der Waals surface area (Å²) in [6.07, 6.45) is 2.61. The van der Waals surface area contributed by atoms with E-state index in [2.05, 4.69) is 12.2 Å². The lowest BCUT2D eigenvalue weighted by atomic mass is 9.89. The summed E-state index contributed by atoms with van der Waals surface area (Å²) < 4.78 is 5.24. The maximum absolute atomic E-state index is 5.75. The number of benzene rings is 1. The molecule has 0 saturated heterocycles. The van der Waals surface area contributed by atoms with Crippen molar-refractivity contribution in [1.82, 2.24) is 0 Å². The van der Waals surface area contributed by atoms with Crippen LogP contribution in [0.2, 0.25) is 0 Å². The average Bonchev–Trinajstić information content (AvgIpc) is 2.16. The summed E-state index contributed by atoms with van der Waals surface area (Å²) >= 11 is 0. The van der Waals surface area contributed by atoms with Gasteiger partial charge in [-0.15, -0.1) is 0 Å². The molecule has 0 amide bonds. The summed E-state index contributed by atoms with van der Waals surface area (Å²) in [7, 11) is 1.77. The van der Waals surface area contributed by atoms with Gasteiger partial charge in [0.2, 0.25) is 0 Å². The molecule has 82 valence electrons. The molecule has 0 unspecified atom stereocenters. The molecule has 1 aliphatic rings. The predicted molar refractivity (Wildman–Crippen MR) is 63.0 cm³/mol. The second kappa shape index (κ2) is 4.11. The van der Waals surface area contributed by atoms with Crippen LogP contribution in [0.25, 0.3) is 0 Å². The van der Waals surface area contributed by atoms with Crippen molar-refractivity contribution < 1.29 is 4.74 Å². The van der Waals surface area contributed by atoms with Gasteiger partial charge in [-0.3, -0.25) is 0 Å². The molecule has 0 aromatic heterocycles. The molecule has 1 fully saturated rings. The van der Waals surface area contributed by atoms with E-state index in [1.54, 1.807) is 7.11 Å². The largest absolute Gasteiger partial charge is 0.399 e. The minimum absolute atomic E-state index is 0.434. The SMILES string of the molecule is COC1CC(Nc2cc(N)ccc2C)C1. The molecule has 0 bridgehead atoms. The van der Waals surface area contributed by atoms with Crippen molar-refractivity contribution in [3.05, 3.63) is 23.8 Å². The highest BCUT2D eigenvalue weighted by Crippen LogP contribution is 2.28. The normalized spacial score (nSPS) is 24.7. The second-order valence-electron chi connectivity index (χ2n) is 4.24. The molecule has 0 radical (unpaired) electrons. The van der Waals surface area contributed by atoms with E-state index >= 15 is 0 Å². The van der Waals surface area contributed by atoms with Crippen molar-refractivity contribution in [2.45, 2.75) is 31.9 Å². The van der Waals surface area contributed by atoms with Crippen LogP contribution in [0.3, 0.4) is 0 Å². The maximum Gasteiger partial charge on any atom is 0.0610 e. The molecule has 3 N–H and O–H groups in total. The molecule has 1 aliphatic carbocycles. The Labute approximate surface area is 90.6 Å². The summed E-state index contributed by atoms with van der Waals surface area (Å²) in [6, 6.07) is 6.51. The molecule has 1 aromatic carbocycles. The lowest BCUT2D eigenvalue weighted by molar-refractivity contribution is 0.0328. The number of aryl methyl sites for hydroxylation is 1.